The Morgan fingerprint density at radius 1 is 1.32 bits per heavy atom. The lowest BCUT2D eigenvalue weighted by Crippen LogP contribution is -2.41. The van der Waals surface area contributed by atoms with Gasteiger partial charge in [0.2, 0.25) is 0 Å². The first-order valence-electron chi connectivity index (χ1n) is 7.37. The Hall–Kier alpha value is -1.09. The summed E-state index contributed by atoms with van der Waals surface area (Å²) in [7, 11) is 0. The Bertz CT molecular complexity index is 419. The Balaban J connectivity index is 2.26. The van der Waals surface area contributed by atoms with Crippen LogP contribution in [0.5, 0.6) is 0 Å². The van der Waals surface area contributed by atoms with Crippen molar-refractivity contribution >= 4 is 5.69 Å². The van der Waals surface area contributed by atoms with E-state index in [0.29, 0.717) is 12.0 Å². The molecule has 1 aliphatic heterocycles. The minimum atomic E-state index is -0.144. The van der Waals surface area contributed by atoms with E-state index in [9.17, 15) is 4.39 Å². The van der Waals surface area contributed by atoms with Crippen molar-refractivity contribution in [2.45, 2.75) is 46.2 Å². The highest BCUT2D eigenvalue weighted by Crippen LogP contribution is 2.30. The maximum Gasteiger partial charge on any atom is 0.123 e. The number of benzene rings is 1. The first-order chi connectivity index (χ1) is 9.11. The van der Waals surface area contributed by atoms with Gasteiger partial charge in [0.15, 0.2) is 0 Å². The predicted molar refractivity (Wildman–Crippen MR) is 79.0 cm³/mol. The van der Waals surface area contributed by atoms with Crippen molar-refractivity contribution in [1.29, 1.82) is 0 Å². The largest absolute Gasteiger partial charge is 0.368 e. The van der Waals surface area contributed by atoms with Crippen LogP contribution in [-0.2, 0) is 6.54 Å². The highest BCUT2D eigenvalue weighted by atomic mass is 19.1. The highest BCUT2D eigenvalue weighted by molar-refractivity contribution is 5.55. The fourth-order valence-corrected chi connectivity index (χ4v) is 2.86. The molecule has 1 fully saturated rings. The second kappa shape index (κ2) is 6.38. The van der Waals surface area contributed by atoms with Gasteiger partial charge in [-0.2, -0.15) is 0 Å². The Kier molecular flexibility index (Phi) is 4.81. The number of hydrogen-bond donors (Lipinski definition) is 1. The Morgan fingerprint density at radius 3 is 2.84 bits per heavy atom. The molecule has 0 spiro atoms. The van der Waals surface area contributed by atoms with Crippen LogP contribution in [-0.4, -0.2) is 19.1 Å². The molecular formula is C16H25FN2. The van der Waals surface area contributed by atoms with Crippen LogP contribution in [0.4, 0.5) is 10.1 Å². The molecule has 0 aromatic heterocycles. The van der Waals surface area contributed by atoms with Crippen LogP contribution >= 0.6 is 0 Å². The second-order valence-corrected chi connectivity index (χ2v) is 5.74. The Morgan fingerprint density at radius 2 is 2.11 bits per heavy atom. The topological polar surface area (TPSA) is 15.3 Å². The summed E-state index contributed by atoms with van der Waals surface area (Å²) in [4.78, 5) is 2.44. The summed E-state index contributed by atoms with van der Waals surface area (Å²) in [5, 5.41) is 3.30. The fraction of sp³-hybridized carbons (Fsp3) is 0.625. The van der Waals surface area contributed by atoms with E-state index in [4.69, 9.17) is 0 Å². The molecule has 0 aliphatic carbocycles. The van der Waals surface area contributed by atoms with Gasteiger partial charge in [0.05, 0.1) is 0 Å². The quantitative estimate of drug-likeness (QED) is 0.894. The molecule has 2 nitrogen and oxygen atoms in total. The molecule has 1 N–H and O–H groups in total. The SMILES string of the molecule is CCNCc1cc(F)ccc1N1CC(C)CCC1C. The molecular weight excluding hydrogens is 239 g/mol. The molecule has 1 saturated heterocycles. The maximum atomic E-state index is 13.5. The third-order valence-electron chi connectivity index (χ3n) is 4.03. The van der Waals surface area contributed by atoms with Gasteiger partial charge in [-0.1, -0.05) is 13.8 Å². The zero-order valence-corrected chi connectivity index (χ0v) is 12.2. The van der Waals surface area contributed by atoms with Crippen molar-refractivity contribution in [2.24, 2.45) is 5.92 Å². The van der Waals surface area contributed by atoms with Crippen molar-refractivity contribution < 1.29 is 4.39 Å². The molecule has 2 unspecified atom stereocenters. The van der Waals surface area contributed by atoms with Gasteiger partial charge in [-0.3, -0.25) is 0 Å². The molecule has 2 rings (SSSR count). The summed E-state index contributed by atoms with van der Waals surface area (Å²) < 4.78 is 13.5. The predicted octanol–water partition coefficient (Wildman–Crippen LogP) is 3.56. The molecule has 106 valence electrons. The van der Waals surface area contributed by atoms with Gasteiger partial charge >= 0.3 is 0 Å². The zero-order valence-electron chi connectivity index (χ0n) is 12.2. The van der Waals surface area contributed by atoms with Crippen LogP contribution < -0.4 is 10.2 Å². The van der Waals surface area contributed by atoms with E-state index in [0.717, 1.165) is 25.2 Å². The van der Waals surface area contributed by atoms with E-state index in [1.54, 1.807) is 12.1 Å². The average molecular weight is 264 g/mol. The van der Waals surface area contributed by atoms with E-state index in [2.05, 4.69) is 31.0 Å². The summed E-state index contributed by atoms with van der Waals surface area (Å²) in [6, 6.07) is 5.74. The Labute approximate surface area is 116 Å². The van der Waals surface area contributed by atoms with Gasteiger partial charge in [0, 0.05) is 24.8 Å². The third kappa shape index (κ3) is 3.47. The summed E-state index contributed by atoms with van der Waals surface area (Å²) >= 11 is 0. The van der Waals surface area contributed by atoms with Crippen molar-refractivity contribution in [3.8, 4) is 0 Å². The summed E-state index contributed by atoms with van der Waals surface area (Å²) in [6.45, 7) is 9.36. The second-order valence-electron chi connectivity index (χ2n) is 5.74. The van der Waals surface area contributed by atoms with Gasteiger partial charge in [0.25, 0.3) is 0 Å². The standard InChI is InChI=1S/C16H25FN2/c1-4-18-10-14-9-15(17)7-8-16(14)19-11-12(2)5-6-13(19)3/h7-9,12-13,18H,4-6,10-11H2,1-3H3. The number of piperidine rings is 1. The molecule has 1 heterocycles. The van der Waals surface area contributed by atoms with E-state index >= 15 is 0 Å². The molecule has 2 atom stereocenters. The number of rotatable bonds is 4. The molecule has 1 aromatic rings. The number of nitrogens with zero attached hydrogens (tertiary/aromatic N) is 1. The lowest BCUT2D eigenvalue weighted by Gasteiger charge is -2.39. The smallest absolute Gasteiger partial charge is 0.123 e. The van der Waals surface area contributed by atoms with Gasteiger partial charge < -0.3 is 10.2 Å². The maximum absolute atomic E-state index is 13.5. The van der Waals surface area contributed by atoms with Crippen molar-refractivity contribution in [3.05, 3.63) is 29.6 Å². The van der Waals surface area contributed by atoms with Crippen LogP contribution in [0.2, 0.25) is 0 Å². The summed E-state index contributed by atoms with van der Waals surface area (Å²) in [6.07, 6.45) is 2.51. The number of nitrogens with one attached hydrogen (secondary N) is 1. The minimum absolute atomic E-state index is 0.144. The summed E-state index contributed by atoms with van der Waals surface area (Å²) in [5.41, 5.74) is 2.27. The first kappa shape index (κ1) is 14.3. The van der Waals surface area contributed by atoms with Gasteiger partial charge in [0.1, 0.15) is 5.82 Å². The lowest BCUT2D eigenvalue weighted by molar-refractivity contribution is 0.389. The molecule has 1 aliphatic rings. The molecule has 0 radical (unpaired) electrons. The van der Waals surface area contributed by atoms with Gasteiger partial charge in [-0.05, 0) is 56.0 Å². The number of hydrogen-bond acceptors (Lipinski definition) is 2. The summed E-state index contributed by atoms with van der Waals surface area (Å²) in [5.74, 6) is 0.572. The van der Waals surface area contributed by atoms with Gasteiger partial charge in [-0.25, -0.2) is 4.39 Å². The van der Waals surface area contributed by atoms with E-state index in [1.807, 2.05) is 6.07 Å². The molecule has 0 saturated carbocycles. The van der Waals surface area contributed by atoms with Crippen LogP contribution in [0.15, 0.2) is 18.2 Å². The van der Waals surface area contributed by atoms with Crippen molar-refractivity contribution in [3.63, 3.8) is 0 Å². The van der Waals surface area contributed by atoms with E-state index < -0.39 is 0 Å². The van der Waals surface area contributed by atoms with Crippen LogP contribution in [0.25, 0.3) is 0 Å². The highest BCUT2D eigenvalue weighted by Gasteiger charge is 2.24. The lowest BCUT2D eigenvalue weighted by atomic mass is 9.93. The van der Waals surface area contributed by atoms with Gasteiger partial charge in [-0.15, -0.1) is 0 Å². The monoisotopic (exact) mass is 264 g/mol. The van der Waals surface area contributed by atoms with Crippen LogP contribution in [0.1, 0.15) is 39.2 Å². The number of halogens is 1. The molecule has 19 heavy (non-hydrogen) atoms. The molecule has 1 aromatic carbocycles. The third-order valence-corrected chi connectivity index (χ3v) is 4.03. The van der Waals surface area contributed by atoms with Crippen molar-refractivity contribution in [1.82, 2.24) is 5.32 Å². The number of anilines is 1. The fourth-order valence-electron chi connectivity index (χ4n) is 2.86. The first-order valence-corrected chi connectivity index (χ1v) is 7.37. The normalized spacial score (nSPS) is 23.7. The zero-order chi connectivity index (χ0) is 13.8. The van der Waals surface area contributed by atoms with Crippen LogP contribution in [0, 0.1) is 11.7 Å². The molecule has 0 bridgehead atoms. The molecule has 3 heteroatoms. The molecule has 0 amide bonds. The van der Waals surface area contributed by atoms with Crippen molar-refractivity contribution in [2.75, 3.05) is 18.0 Å². The minimum Gasteiger partial charge on any atom is -0.368 e. The average Bonchev–Trinajstić information content (AvgIpc) is 2.39. The van der Waals surface area contributed by atoms with E-state index in [1.165, 1.54) is 18.5 Å². The van der Waals surface area contributed by atoms with E-state index in [-0.39, 0.29) is 5.82 Å². The van der Waals surface area contributed by atoms with Crippen LogP contribution in [0.3, 0.4) is 0 Å².